The van der Waals surface area contributed by atoms with Gasteiger partial charge in [0.05, 0.1) is 32.1 Å². The highest BCUT2D eigenvalue weighted by Gasteiger charge is 2.35. The molecule has 2 fully saturated rings. The van der Waals surface area contributed by atoms with Gasteiger partial charge in [0, 0.05) is 42.8 Å². The first-order valence-corrected chi connectivity index (χ1v) is 14.5. The van der Waals surface area contributed by atoms with Crippen LogP contribution in [0, 0.1) is 13.5 Å². The molecule has 1 aromatic heterocycles. The molecule has 0 saturated carbocycles. The Hall–Kier alpha value is -4.20. The van der Waals surface area contributed by atoms with E-state index in [1.165, 1.54) is 28.1 Å². The van der Waals surface area contributed by atoms with Crippen molar-refractivity contribution in [2.75, 3.05) is 69.0 Å². The zero-order valence-corrected chi connectivity index (χ0v) is 24.0. The first-order valence-electron chi connectivity index (χ1n) is 14.5. The van der Waals surface area contributed by atoms with Crippen molar-refractivity contribution in [3.8, 4) is 6.01 Å². The van der Waals surface area contributed by atoms with E-state index in [9.17, 15) is 4.79 Å². The lowest BCUT2D eigenvalue weighted by Crippen LogP contribution is -2.56. The summed E-state index contributed by atoms with van der Waals surface area (Å²) in [6.45, 7) is 18.6. The maximum atomic E-state index is 12.5. The second-order valence-electron chi connectivity index (χ2n) is 10.9. The van der Waals surface area contributed by atoms with Crippen molar-refractivity contribution in [2.24, 2.45) is 0 Å². The predicted molar refractivity (Wildman–Crippen MR) is 161 cm³/mol. The van der Waals surface area contributed by atoms with Crippen LogP contribution < -0.4 is 14.5 Å². The highest BCUT2D eigenvalue weighted by atomic mass is 16.6. The summed E-state index contributed by atoms with van der Waals surface area (Å²) in [5, 5.41) is 2.48. The number of benzene rings is 2. The number of fused-ring (bicyclic) bond motifs is 2. The highest BCUT2D eigenvalue weighted by Crippen LogP contribution is 2.35. The summed E-state index contributed by atoms with van der Waals surface area (Å²) in [7, 11) is 0. The first kappa shape index (κ1) is 27.9. The fourth-order valence-electron chi connectivity index (χ4n) is 6.06. The maximum Gasteiger partial charge on any atom is 0.318 e. The van der Waals surface area contributed by atoms with E-state index in [4.69, 9.17) is 30.8 Å². The molecule has 0 spiro atoms. The normalized spacial score (nSPS) is 18.8. The van der Waals surface area contributed by atoms with Gasteiger partial charge in [-0.05, 0) is 36.4 Å². The van der Waals surface area contributed by atoms with Gasteiger partial charge in [0.1, 0.15) is 24.6 Å². The molecule has 10 heteroatoms. The largest absolute Gasteiger partial charge is 0.461 e. The topological polar surface area (TPSA) is 84.6 Å². The quantitative estimate of drug-likeness (QED) is 0.221. The van der Waals surface area contributed by atoms with Gasteiger partial charge in [-0.1, -0.05) is 36.9 Å². The summed E-state index contributed by atoms with van der Waals surface area (Å²) in [5.74, 6) is 0.688. The monoisotopic (exact) mass is 568 g/mol. The Morgan fingerprint density at radius 1 is 1.14 bits per heavy atom. The Morgan fingerprint density at radius 3 is 2.74 bits per heavy atom. The van der Waals surface area contributed by atoms with Gasteiger partial charge in [-0.25, -0.2) is 6.57 Å². The third-order valence-corrected chi connectivity index (χ3v) is 8.27. The van der Waals surface area contributed by atoms with E-state index in [-0.39, 0.29) is 24.6 Å². The second-order valence-corrected chi connectivity index (χ2v) is 10.9. The van der Waals surface area contributed by atoms with E-state index < -0.39 is 0 Å². The average Bonchev–Trinajstić information content (AvgIpc) is 2.99. The molecule has 0 bridgehead atoms. The number of aromatic nitrogens is 2. The number of rotatable bonds is 9. The molecule has 3 aromatic rings. The number of amides is 1. The van der Waals surface area contributed by atoms with E-state index in [2.05, 4.69) is 64.5 Å². The molecular weight excluding hydrogens is 532 g/mol. The van der Waals surface area contributed by atoms with Crippen LogP contribution in [0.5, 0.6) is 6.01 Å². The molecule has 10 nitrogen and oxygen atoms in total. The lowest BCUT2D eigenvalue weighted by molar-refractivity contribution is -0.132. The van der Waals surface area contributed by atoms with Crippen molar-refractivity contribution < 1.29 is 19.0 Å². The predicted octanol–water partition coefficient (Wildman–Crippen LogP) is 3.42. The van der Waals surface area contributed by atoms with Crippen LogP contribution in [0.15, 0.2) is 49.1 Å². The number of aryl methyl sites for hydroxylation is 1. The molecule has 3 aliphatic heterocycles. The number of piperazine rings is 1. The number of ether oxygens (including phenoxy) is 3. The standard InChI is InChI=1S/C32H36N6O4/c1-4-29(39)38-14-13-37(18-24(38)17-33-3)31-26-11-12-36(28-10-6-9-23-8-5-7-22(2)30(23)28)19-27(26)34-32(35-31)42-16-15-41-25-20-40-21-25/h4-10,24-25H,1,11-21H2,2H3/t24-/m0/s1. The van der Waals surface area contributed by atoms with Crippen molar-refractivity contribution in [1.82, 2.24) is 14.9 Å². The van der Waals surface area contributed by atoms with Crippen molar-refractivity contribution in [2.45, 2.75) is 32.0 Å². The number of hydrogen-bond donors (Lipinski definition) is 0. The third kappa shape index (κ3) is 5.62. The zero-order chi connectivity index (χ0) is 29.1. The summed E-state index contributed by atoms with van der Waals surface area (Å²) in [5.41, 5.74) is 4.48. The van der Waals surface area contributed by atoms with Crippen LogP contribution in [0.1, 0.15) is 16.8 Å². The number of hydrogen-bond acceptors (Lipinski definition) is 8. The van der Waals surface area contributed by atoms with Crippen LogP contribution in [0.4, 0.5) is 11.5 Å². The minimum absolute atomic E-state index is 0.125. The molecule has 2 aromatic carbocycles. The molecule has 1 atom stereocenters. The Bertz CT molecular complexity index is 1510. The Labute approximate surface area is 246 Å². The molecule has 3 aliphatic rings. The van der Waals surface area contributed by atoms with Crippen LogP contribution in [-0.4, -0.2) is 92.1 Å². The molecular formula is C32H36N6O4. The van der Waals surface area contributed by atoms with Gasteiger partial charge in [0.2, 0.25) is 12.5 Å². The molecule has 0 N–H and O–H groups in total. The Morgan fingerprint density at radius 2 is 1.98 bits per heavy atom. The molecule has 4 heterocycles. The zero-order valence-electron chi connectivity index (χ0n) is 24.0. The number of anilines is 2. The Kier molecular flexibility index (Phi) is 8.22. The van der Waals surface area contributed by atoms with Gasteiger partial charge in [-0.2, -0.15) is 9.97 Å². The van der Waals surface area contributed by atoms with Gasteiger partial charge in [-0.15, -0.1) is 0 Å². The number of carbonyl (C=O) groups excluding carboxylic acids is 1. The van der Waals surface area contributed by atoms with Crippen molar-refractivity contribution in [3.05, 3.63) is 77.3 Å². The first-order chi connectivity index (χ1) is 20.6. The number of nitrogens with zero attached hydrogens (tertiary/aromatic N) is 6. The second kappa shape index (κ2) is 12.3. The van der Waals surface area contributed by atoms with E-state index in [0.717, 1.165) is 30.0 Å². The lowest BCUT2D eigenvalue weighted by atomic mass is 9.99. The van der Waals surface area contributed by atoms with Crippen LogP contribution >= 0.6 is 0 Å². The molecule has 0 aliphatic carbocycles. The molecule has 2 saturated heterocycles. The van der Waals surface area contributed by atoms with Gasteiger partial charge in [0.15, 0.2) is 0 Å². The van der Waals surface area contributed by atoms with Gasteiger partial charge >= 0.3 is 6.01 Å². The molecule has 6 rings (SSSR count). The summed E-state index contributed by atoms with van der Waals surface area (Å²) in [6.07, 6.45) is 2.23. The number of carbonyl (C=O) groups is 1. The van der Waals surface area contributed by atoms with Gasteiger partial charge < -0.3 is 33.8 Å². The summed E-state index contributed by atoms with van der Waals surface area (Å²) >= 11 is 0. The van der Waals surface area contributed by atoms with E-state index in [1.54, 1.807) is 4.90 Å². The Balaban J connectivity index is 1.30. The fourth-order valence-corrected chi connectivity index (χ4v) is 6.06. The maximum absolute atomic E-state index is 12.5. The van der Waals surface area contributed by atoms with Crippen LogP contribution in [0.25, 0.3) is 15.6 Å². The van der Waals surface area contributed by atoms with Crippen LogP contribution in [-0.2, 0) is 27.2 Å². The van der Waals surface area contributed by atoms with Crippen LogP contribution in [0.3, 0.4) is 0 Å². The molecule has 0 radical (unpaired) electrons. The van der Waals surface area contributed by atoms with Crippen LogP contribution in [0.2, 0.25) is 0 Å². The van der Waals surface area contributed by atoms with E-state index >= 15 is 0 Å². The van der Waals surface area contributed by atoms with E-state index in [1.807, 2.05) is 0 Å². The average molecular weight is 569 g/mol. The van der Waals surface area contributed by atoms with Gasteiger partial charge in [-0.3, -0.25) is 4.79 Å². The highest BCUT2D eigenvalue weighted by molar-refractivity contribution is 5.97. The molecule has 1 amide bonds. The molecule has 42 heavy (non-hydrogen) atoms. The van der Waals surface area contributed by atoms with Crippen molar-refractivity contribution in [1.29, 1.82) is 0 Å². The SMILES string of the molecule is [C-]#[N+]C[C@H]1CN(c2nc(OCCOC3COC3)nc3c2CCN(c2cccc4cccc(C)c24)C3)CCN1C(=O)C=C. The summed E-state index contributed by atoms with van der Waals surface area (Å²) in [6, 6.07) is 12.9. The fraction of sp³-hybridized carbons (Fsp3) is 0.438. The van der Waals surface area contributed by atoms with Crippen molar-refractivity contribution >= 4 is 28.2 Å². The third-order valence-electron chi connectivity index (χ3n) is 8.27. The van der Waals surface area contributed by atoms with E-state index in [0.29, 0.717) is 58.6 Å². The molecule has 218 valence electrons. The smallest absolute Gasteiger partial charge is 0.318 e. The molecule has 0 unspecified atom stereocenters. The van der Waals surface area contributed by atoms with Crippen molar-refractivity contribution in [3.63, 3.8) is 0 Å². The lowest BCUT2D eigenvalue weighted by Gasteiger charge is -2.41. The summed E-state index contributed by atoms with van der Waals surface area (Å²) in [4.78, 5) is 32.3. The summed E-state index contributed by atoms with van der Waals surface area (Å²) < 4.78 is 17.0. The minimum atomic E-state index is -0.242. The van der Waals surface area contributed by atoms with Gasteiger partial charge in [0.25, 0.3) is 0 Å². The minimum Gasteiger partial charge on any atom is -0.461 e.